The van der Waals surface area contributed by atoms with Gasteiger partial charge in [0.25, 0.3) is 0 Å². The first kappa shape index (κ1) is 18.0. The summed E-state index contributed by atoms with van der Waals surface area (Å²) in [5, 5.41) is 4.55. The summed E-state index contributed by atoms with van der Waals surface area (Å²) in [6.45, 7) is 6.12. The van der Waals surface area contributed by atoms with E-state index in [1.54, 1.807) is 7.11 Å². The first-order valence-electron chi connectivity index (χ1n) is 9.49. The Kier molecular flexibility index (Phi) is 4.63. The van der Waals surface area contributed by atoms with Gasteiger partial charge < -0.3 is 14.4 Å². The third kappa shape index (κ3) is 3.32. The summed E-state index contributed by atoms with van der Waals surface area (Å²) in [6.07, 6.45) is 1.74. The first-order valence-corrected chi connectivity index (χ1v) is 9.49. The molecule has 1 aromatic heterocycles. The fraction of sp³-hybridized carbons (Fsp3) is 0.550. The Morgan fingerprint density at radius 2 is 1.93 bits per heavy atom. The SMILES string of the molecule is COc1ccc([C@@H]2[C@@H](c3nc(C)nn3C(C)C)OCC(=O)N2C2CC2)cc1. The van der Waals surface area contributed by atoms with Crippen molar-refractivity contribution in [2.45, 2.75) is 57.8 Å². The van der Waals surface area contributed by atoms with Gasteiger partial charge in [-0.25, -0.2) is 9.67 Å². The molecule has 0 bridgehead atoms. The minimum absolute atomic E-state index is 0.0434. The van der Waals surface area contributed by atoms with Gasteiger partial charge in [-0.15, -0.1) is 0 Å². The van der Waals surface area contributed by atoms with Crippen molar-refractivity contribution in [2.75, 3.05) is 13.7 Å². The quantitative estimate of drug-likeness (QED) is 0.809. The zero-order valence-corrected chi connectivity index (χ0v) is 16.3. The molecule has 1 amide bonds. The van der Waals surface area contributed by atoms with Crippen LogP contribution in [0.15, 0.2) is 24.3 Å². The van der Waals surface area contributed by atoms with Crippen LogP contribution in [0.3, 0.4) is 0 Å². The Bertz CT molecular complexity index is 826. The van der Waals surface area contributed by atoms with E-state index >= 15 is 0 Å². The molecule has 1 aliphatic heterocycles. The number of rotatable bonds is 5. The van der Waals surface area contributed by atoms with Crippen molar-refractivity contribution in [1.82, 2.24) is 19.7 Å². The second-order valence-electron chi connectivity index (χ2n) is 7.54. The standard InChI is InChI=1S/C20H26N4O3/c1-12(2)24-20(21-13(3)22-24)19-18(14-5-9-16(26-4)10-6-14)23(15-7-8-15)17(25)11-27-19/h5-6,9-10,12,15,18-19H,7-8,11H2,1-4H3/t18-,19+/m1/s1. The predicted octanol–water partition coefficient (Wildman–Crippen LogP) is 2.98. The number of amides is 1. The third-order valence-corrected chi connectivity index (χ3v) is 5.17. The Balaban J connectivity index is 1.79. The van der Waals surface area contributed by atoms with Gasteiger partial charge in [0.05, 0.1) is 13.2 Å². The van der Waals surface area contributed by atoms with E-state index in [0.717, 1.165) is 30.0 Å². The number of nitrogens with zero attached hydrogens (tertiary/aromatic N) is 4. The number of hydrogen-bond acceptors (Lipinski definition) is 5. The summed E-state index contributed by atoms with van der Waals surface area (Å²) in [7, 11) is 1.65. The van der Waals surface area contributed by atoms with Crippen LogP contribution in [0.2, 0.25) is 0 Å². The molecular weight excluding hydrogens is 344 g/mol. The van der Waals surface area contributed by atoms with Crippen molar-refractivity contribution < 1.29 is 14.3 Å². The molecule has 27 heavy (non-hydrogen) atoms. The molecule has 0 spiro atoms. The Labute approximate surface area is 159 Å². The zero-order chi connectivity index (χ0) is 19.1. The Morgan fingerprint density at radius 3 is 2.52 bits per heavy atom. The van der Waals surface area contributed by atoms with Gasteiger partial charge in [-0.05, 0) is 51.3 Å². The van der Waals surface area contributed by atoms with Crippen LogP contribution in [0.5, 0.6) is 5.75 Å². The summed E-state index contributed by atoms with van der Waals surface area (Å²) >= 11 is 0. The maximum Gasteiger partial charge on any atom is 0.249 e. The summed E-state index contributed by atoms with van der Waals surface area (Å²) in [5.74, 6) is 2.33. The monoisotopic (exact) mass is 370 g/mol. The highest BCUT2D eigenvalue weighted by Crippen LogP contribution is 2.45. The van der Waals surface area contributed by atoms with Crippen LogP contribution in [0.1, 0.15) is 62.1 Å². The largest absolute Gasteiger partial charge is 0.497 e. The molecule has 1 aromatic carbocycles. The van der Waals surface area contributed by atoms with Gasteiger partial charge in [0.1, 0.15) is 24.3 Å². The molecule has 0 unspecified atom stereocenters. The van der Waals surface area contributed by atoms with Crippen LogP contribution in [-0.2, 0) is 9.53 Å². The lowest BCUT2D eigenvalue weighted by atomic mass is 9.96. The number of aryl methyl sites for hydroxylation is 1. The number of aromatic nitrogens is 3. The van der Waals surface area contributed by atoms with Crippen molar-refractivity contribution in [3.63, 3.8) is 0 Å². The number of methoxy groups -OCH3 is 1. The number of carbonyl (C=O) groups is 1. The maximum absolute atomic E-state index is 12.7. The lowest BCUT2D eigenvalue weighted by molar-refractivity contribution is -0.160. The fourth-order valence-electron chi connectivity index (χ4n) is 3.78. The Morgan fingerprint density at radius 1 is 1.22 bits per heavy atom. The molecule has 0 radical (unpaired) electrons. The zero-order valence-electron chi connectivity index (χ0n) is 16.3. The van der Waals surface area contributed by atoms with E-state index in [9.17, 15) is 4.79 Å². The van der Waals surface area contributed by atoms with E-state index in [2.05, 4.69) is 23.9 Å². The van der Waals surface area contributed by atoms with Crippen molar-refractivity contribution in [3.05, 3.63) is 41.5 Å². The molecule has 1 saturated carbocycles. The molecule has 2 aliphatic rings. The van der Waals surface area contributed by atoms with Gasteiger partial charge in [-0.1, -0.05) is 12.1 Å². The highest BCUT2D eigenvalue weighted by atomic mass is 16.5. The van der Waals surface area contributed by atoms with Crippen molar-refractivity contribution in [1.29, 1.82) is 0 Å². The maximum atomic E-state index is 12.7. The third-order valence-electron chi connectivity index (χ3n) is 5.17. The van der Waals surface area contributed by atoms with E-state index in [0.29, 0.717) is 5.82 Å². The van der Waals surface area contributed by atoms with Gasteiger partial charge in [0, 0.05) is 12.1 Å². The summed E-state index contributed by atoms with van der Waals surface area (Å²) in [5.41, 5.74) is 1.02. The van der Waals surface area contributed by atoms with Gasteiger partial charge in [0.2, 0.25) is 5.91 Å². The smallest absolute Gasteiger partial charge is 0.249 e. The minimum atomic E-state index is -0.347. The first-order chi connectivity index (χ1) is 13.0. The average molecular weight is 370 g/mol. The lowest BCUT2D eigenvalue weighted by Crippen LogP contribution is -2.47. The molecule has 7 nitrogen and oxygen atoms in total. The molecule has 7 heteroatoms. The van der Waals surface area contributed by atoms with E-state index in [-0.39, 0.29) is 36.7 Å². The van der Waals surface area contributed by atoms with Crippen molar-refractivity contribution in [3.8, 4) is 5.75 Å². The second kappa shape index (κ2) is 6.96. The highest BCUT2D eigenvalue weighted by molar-refractivity contribution is 5.79. The van der Waals surface area contributed by atoms with E-state index in [1.165, 1.54) is 0 Å². The normalized spacial score (nSPS) is 23.1. The topological polar surface area (TPSA) is 69.5 Å². The molecule has 1 aliphatic carbocycles. The van der Waals surface area contributed by atoms with Crippen LogP contribution < -0.4 is 4.74 Å². The number of hydrogen-bond donors (Lipinski definition) is 0. The van der Waals surface area contributed by atoms with Crippen molar-refractivity contribution >= 4 is 5.91 Å². The average Bonchev–Trinajstić information content (AvgIpc) is 3.42. The molecule has 4 rings (SSSR count). The summed E-state index contributed by atoms with van der Waals surface area (Å²) in [6, 6.07) is 8.10. The van der Waals surface area contributed by atoms with Gasteiger partial charge in [0.15, 0.2) is 5.82 Å². The number of benzene rings is 1. The molecular formula is C20H26N4O3. The molecule has 2 atom stereocenters. The highest BCUT2D eigenvalue weighted by Gasteiger charge is 2.47. The van der Waals surface area contributed by atoms with Crippen LogP contribution in [0, 0.1) is 6.92 Å². The number of ether oxygens (including phenoxy) is 2. The number of carbonyl (C=O) groups excluding carboxylic acids is 1. The van der Waals surface area contributed by atoms with Gasteiger partial charge in [-0.3, -0.25) is 4.79 Å². The molecule has 2 fully saturated rings. The van der Waals surface area contributed by atoms with Crippen molar-refractivity contribution in [2.24, 2.45) is 0 Å². The fourth-order valence-corrected chi connectivity index (χ4v) is 3.78. The van der Waals surface area contributed by atoms with Crippen LogP contribution >= 0.6 is 0 Å². The van der Waals surface area contributed by atoms with Gasteiger partial charge in [-0.2, -0.15) is 5.10 Å². The summed E-state index contributed by atoms with van der Waals surface area (Å²) in [4.78, 5) is 19.4. The minimum Gasteiger partial charge on any atom is -0.497 e. The van der Waals surface area contributed by atoms with Crippen LogP contribution in [-0.4, -0.2) is 45.3 Å². The van der Waals surface area contributed by atoms with E-state index in [4.69, 9.17) is 9.47 Å². The van der Waals surface area contributed by atoms with Crippen LogP contribution in [0.25, 0.3) is 0 Å². The molecule has 1 saturated heterocycles. The summed E-state index contributed by atoms with van der Waals surface area (Å²) < 4.78 is 13.3. The van der Waals surface area contributed by atoms with Crippen LogP contribution in [0.4, 0.5) is 0 Å². The van der Waals surface area contributed by atoms with Gasteiger partial charge >= 0.3 is 0 Å². The Hall–Kier alpha value is -2.41. The molecule has 2 aromatic rings. The molecule has 144 valence electrons. The molecule has 2 heterocycles. The molecule has 0 N–H and O–H groups in total. The lowest BCUT2D eigenvalue weighted by Gasteiger charge is -2.41. The number of morpholine rings is 1. The second-order valence-corrected chi connectivity index (χ2v) is 7.54. The van der Waals surface area contributed by atoms with E-state index < -0.39 is 0 Å². The predicted molar refractivity (Wildman–Crippen MR) is 99.4 cm³/mol. The van der Waals surface area contributed by atoms with E-state index in [1.807, 2.05) is 40.8 Å².